The number of furan rings is 1. The fraction of sp³-hybridized carbons (Fsp3) is 0.0169. The third-order valence-electron chi connectivity index (χ3n) is 13.3. The first kappa shape index (κ1) is 28.3. The number of hydrogen-bond donors (Lipinski definition) is 0. The van der Waals surface area contributed by atoms with Crippen molar-refractivity contribution in [1.82, 2.24) is 4.57 Å². The minimum Gasteiger partial charge on any atom is -0.456 e. The lowest BCUT2D eigenvalue weighted by atomic mass is 9.61. The van der Waals surface area contributed by atoms with Crippen LogP contribution in [0.25, 0.3) is 82.5 Å². The van der Waals surface area contributed by atoms with Gasteiger partial charge in [0, 0.05) is 33.1 Å². The van der Waals surface area contributed by atoms with E-state index in [1.54, 1.807) is 0 Å². The first-order valence-corrected chi connectivity index (χ1v) is 20.9. The van der Waals surface area contributed by atoms with E-state index in [9.17, 15) is 6.85 Å². The summed E-state index contributed by atoms with van der Waals surface area (Å²) in [4.78, 5) is 2.34. The number of rotatable bonds is 4. The van der Waals surface area contributed by atoms with Gasteiger partial charge in [-0.2, -0.15) is 0 Å². The fourth-order valence-corrected chi connectivity index (χ4v) is 11.0. The number of benzene rings is 10. The average molecular weight is 795 g/mol. The summed E-state index contributed by atoms with van der Waals surface area (Å²) in [6, 6.07) is 61.1. The number of fused-ring (bicyclic) bond motifs is 15. The topological polar surface area (TPSA) is 21.3 Å². The molecule has 0 fully saturated rings. The summed E-state index contributed by atoms with van der Waals surface area (Å²) in [6.45, 7) is 0. The van der Waals surface area contributed by atoms with Gasteiger partial charge in [-0.3, -0.25) is 0 Å². The molecule has 0 aliphatic heterocycles. The van der Waals surface area contributed by atoms with Crippen LogP contribution >= 0.6 is 0 Å². The smallest absolute Gasteiger partial charge is 0.137 e. The zero-order valence-electron chi connectivity index (χ0n) is 39.1. The molecule has 1 spiro atoms. The van der Waals surface area contributed by atoms with E-state index in [1.165, 1.54) is 0 Å². The lowest BCUT2D eigenvalue weighted by Crippen LogP contribution is -2.31. The van der Waals surface area contributed by atoms with Crippen LogP contribution in [0.3, 0.4) is 0 Å². The molecule has 3 heteroatoms. The summed E-state index contributed by atoms with van der Waals surface area (Å²) in [5, 5.41) is 4.74. The molecule has 2 aliphatic carbocycles. The maximum atomic E-state index is 9.93. The highest BCUT2D eigenvalue weighted by molar-refractivity contribution is 6.16. The lowest BCUT2D eigenvalue weighted by Gasteiger charge is -2.40. The Kier molecular flexibility index (Phi) is 5.69. The van der Waals surface area contributed by atoms with Crippen LogP contribution in [0.15, 0.2) is 223 Å². The molecule has 14 rings (SSSR count). The molecule has 0 radical (unpaired) electrons. The van der Waals surface area contributed by atoms with Gasteiger partial charge in [0.05, 0.1) is 41.4 Å². The van der Waals surface area contributed by atoms with E-state index in [2.05, 4.69) is 119 Å². The Labute approximate surface area is 366 Å². The Morgan fingerprint density at radius 1 is 0.452 bits per heavy atom. The second-order valence-corrected chi connectivity index (χ2v) is 16.3. The third-order valence-corrected chi connectivity index (χ3v) is 13.3. The number of nitrogens with zero attached hydrogens (tertiary/aromatic N) is 2. The standard InChI is InChI=1S/C59H36N2O/c1-2-18-38(19-3-1)60-50-29-10-6-21-41(50)42-35-34-39(36-53(42)60)61(52-31-15-33-55-58(52)45-23-7-11-32-54(45)62-55)51-30-14-28-49-57(51)44-22-5-9-26-47(44)59(49)46-25-8-4-20-40(46)43-24-12-16-37-17-13-27-48(59)56(37)43/h1-36H/i12D,13D,16D,17D,24D,27D. The normalized spacial score (nSPS) is 16.2. The Balaban J connectivity index is 1.15. The van der Waals surface area contributed by atoms with E-state index in [-0.39, 0.29) is 41.6 Å². The summed E-state index contributed by atoms with van der Waals surface area (Å²) in [5.74, 6) is 0. The molecule has 10 aromatic carbocycles. The minimum absolute atomic E-state index is 0.121. The van der Waals surface area contributed by atoms with E-state index in [0.717, 1.165) is 94.3 Å². The van der Waals surface area contributed by atoms with Crippen LogP contribution in [0.4, 0.5) is 17.1 Å². The van der Waals surface area contributed by atoms with Crippen LogP contribution in [0, 0.1) is 0 Å². The van der Waals surface area contributed by atoms with Crippen LogP contribution in [-0.4, -0.2) is 4.57 Å². The van der Waals surface area contributed by atoms with Gasteiger partial charge in [-0.25, -0.2) is 0 Å². The van der Waals surface area contributed by atoms with Crippen molar-refractivity contribution in [3.63, 3.8) is 0 Å². The molecule has 0 saturated heterocycles. The second kappa shape index (κ2) is 12.4. The summed E-state index contributed by atoms with van der Waals surface area (Å²) in [5.41, 5.74) is 12.2. The van der Waals surface area contributed by atoms with Crippen molar-refractivity contribution < 1.29 is 12.6 Å². The highest BCUT2D eigenvalue weighted by Gasteiger charge is 2.51. The van der Waals surface area contributed by atoms with Crippen molar-refractivity contribution in [2.24, 2.45) is 0 Å². The number of para-hydroxylation sites is 3. The predicted molar refractivity (Wildman–Crippen MR) is 257 cm³/mol. The van der Waals surface area contributed by atoms with Gasteiger partial charge in [0.2, 0.25) is 0 Å². The van der Waals surface area contributed by atoms with Crippen LogP contribution in [0.5, 0.6) is 0 Å². The van der Waals surface area contributed by atoms with Crippen LogP contribution < -0.4 is 4.90 Å². The van der Waals surface area contributed by atoms with E-state index in [1.807, 2.05) is 72.8 Å². The van der Waals surface area contributed by atoms with Crippen molar-refractivity contribution >= 4 is 71.6 Å². The monoisotopic (exact) mass is 794 g/mol. The lowest BCUT2D eigenvalue weighted by molar-refractivity contribution is 0.669. The molecule has 0 amide bonds. The molecule has 288 valence electrons. The molecule has 1 unspecified atom stereocenters. The van der Waals surface area contributed by atoms with Gasteiger partial charge in [-0.15, -0.1) is 0 Å². The van der Waals surface area contributed by atoms with Gasteiger partial charge in [0.15, 0.2) is 0 Å². The highest BCUT2D eigenvalue weighted by Crippen LogP contribution is 2.64. The Morgan fingerprint density at radius 3 is 2.00 bits per heavy atom. The Morgan fingerprint density at radius 2 is 1.11 bits per heavy atom. The molecule has 2 aliphatic rings. The molecule has 2 heterocycles. The van der Waals surface area contributed by atoms with Crippen molar-refractivity contribution in [2.45, 2.75) is 5.41 Å². The summed E-state index contributed by atoms with van der Waals surface area (Å²) < 4.78 is 65.0. The summed E-state index contributed by atoms with van der Waals surface area (Å²) in [7, 11) is 0. The van der Waals surface area contributed by atoms with Gasteiger partial charge >= 0.3 is 0 Å². The van der Waals surface area contributed by atoms with Gasteiger partial charge in [-0.05, 0) is 104 Å². The van der Waals surface area contributed by atoms with Crippen LogP contribution in [-0.2, 0) is 5.41 Å². The van der Waals surface area contributed by atoms with Crippen molar-refractivity contribution in [3.05, 3.63) is 240 Å². The number of aromatic nitrogens is 1. The molecular formula is C59H36N2O. The van der Waals surface area contributed by atoms with Gasteiger partial charge in [-0.1, -0.05) is 164 Å². The quantitative estimate of drug-likeness (QED) is 0.177. The molecule has 1 atom stereocenters. The predicted octanol–water partition coefficient (Wildman–Crippen LogP) is 15.6. The van der Waals surface area contributed by atoms with E-state index < -0.39 is 5.41 Å². The first-order valence-electron chi connectivity index (χ1n) is 23.9. The maximum Gasteiger partial charge on any atom is 0.137 e. The third kappa shape index (κ3) is 4.29. The second-order valence-electron chi connectivity index (χ2n) is 16.3. The Bertz CT molecular complexity index is 4190. The van der Waals surface area contributed by atoms with Crippen molar-refractivity contribution in [1.29, 1.82) is 0 Å². The molecular weight excluding hydrogens is 753 g/mol. The first-order chi connectivity index (χ1) is 33.3. The van der Waals surface area contributed by atoms with E-state index in [4.69, 9.17) is 5.79 Å². The molecule has 3 nitrogen and oxygen atoms in total. The number of anilines is 3. The van der Waals surface area contributed by atoms with Gasteiger partial charge in [0.1, 0.15) is 11.2 Å². The maximum absolute atomic E-state index is 9.93. The average Bonchev–Trinajstić information content (AvgIpc) is 4.02. The molecule has 0 saturated carbocycles. The van der Waals surface area contributed by atoms with E-state index in [0.29, 0.717) is 22.1 Å². The molecule has 12 aromatic rings. The van der Waals surface area contributed by atoms with Gasteiger partial charge < -0.3 is 13.9 Å². The summed E-state index contributed by atoms with van der Waals surface area (Å²) in [6.07, 6.45) is 0. The van der Waals surface area contributed by atoms with E-state index >= 15 is 0 Å². The van der Waals surface area contributed by atoms with Gasteiger partial charge in [0.25, 0.3) is 0 Å². The SMILES string of the molecule is [2H]c1c([2H])c2c3c(c([2H])c([2H])c([2H])c3c1[2H])C1(c3ccccc3-c3c(N(c4ccc5c6ccccc6n(-c6ccccc6)c5c4)c4cccc5oc6ccccc6c45)cccc31)c1ccccc1-2. The molecule has 0 N–H and O–H groups in total. The zero-order chi connectivity index (χ0) is 45.7. The summed E-state index contributed by atoms with van der Waals surface area (Å²) >= 11 is 0. The zero-order valence-corrected chi connectivity index (χ0v) is 33.1. The Hall–Kier alpha value is -8.14. The highest BCUT2D eigenvalue weighted by atomic mass is 16.3. The largest absolute Gasteiger partial charge is 0.456 e. The molecule has 2 aromatic heterocycles. The molecule has 0 bridgehead atoms. The molecule has 62 heavy (non-hydrogen) atoms. The fourth-order valence-electron chi connectivity index (χ4n) is 11.0. The van der Waals surface area contributed by atoms with Crippen molar-refractivity contribution in [3.8, 4) is 27.9 Å². The minimum atomic E-state index is -1.21. The van der Waals surface area contributed by atoms with Crippen LogP contribution in [0.2, 0.25) is 0 Å². The number of hydrogen-bond acceptors (Lipinski definition) is 2. The van der Waals surface area contributed by atoms with Crippen LogP contribution in [0.1, 0.15) is 30.5 Å². The van der Waals surface area contributed by atoms with Crippen molar-refractivity contribution in [2.75, 3.05) is 4.90 Å².